The minimum Gasteiger partial charge on any atom is -0.354 e. The lowest BCUT2D eigenvalue weighted by molar-refractivity contribution is -0.124. The highest BCUT2D eigenvalue weighted by Gasteiger charge is 2.17. The van der Waals surface area contributed by atoms with Gasteiger partial charge < -0.3 is 9.88 Å². The molecule has 5 nitrogen and oxygen atoms in total. The molecule has 6 heteroatoms. The summed E-state index contributed by atoms with van der Waals surface area (Å²) in [6, 6.07) is 7.54. The first-order chi connectivity index (χ1) is 11.9. The number of rotatable bonds is 5. The Morgan fingerprint density at radius 2 is 2.08 bits per heavy atom. The Hall–Kier alpha value is -2.27. The molecule has 0 saturated carbocycles. The molecule has 0 saturated heterocycles. The van der Waals surface area contributed by atoms with E-state index in [0.717, 1.165) is 33.7 Å². The SMILES string of the molecule is Cc1cc(C)n([C@H](C)C(=O)NCCc2cn(C)c3ccc(Cl)cc23)n1. The average Bonchev–Trinajstić information content (AvgIpc) is 3.05. The van der Waals surface area contributed by atoms with Crippen molar-refractivity contribution >= 4 is 28.4 Å². The maximum atomic E-state index is 12.4. The number of benzene rings is 1. The highest BCUT2D eigenvalue weighted by Crippen LogP contribution is 2.24. The molecule has 25 heavy (non-hydrogen) atoms. The summed E-state index contributed by atoms with van der Waals surface area (Å²) in [4.78, 5) is 12.4. The molecule has 3 rings (SSSR count). The fourth-order valence-electron chi connectivity index (χ4n) is 3.26. The molecule has 1 N–H and O–H groups in total. The molecule has 2 heterocycles. The maximum Gasteiger partial charge on any atom is 0.244 e. The van der Waals surface area contributed by atoms with Gasteiger partial charge in [0.25, 0.3) is 0 Å². The molecule has 132 valence electrons. The number of hydrogen-bond acceptors (Lipinski definition) is 2. The van der Waals surface area contributed by atoms with E-state index in [1.807, 2.05) is 52.1 Å². The lowest BCUT2D eigenvalue weighted by atomic mass is 10.1. The fourth-order valence-corrected chi connectivity index (χ4v) is 3.43. The average molecular weight is 359 g/mol. The van der Waals surface area contributed by atoms with Crippen molar-refractivity contribution in [2.75, 3.05) is 6.54 Å². The Bertz CT molecular complexity index is 925. The molecule has 1 aromatic carbocycles. The molecule has 3 aromatic rings. The zero-order valence-corrected chi connectivity index (χ0v) is 15.8. The number of carbonyl (C=O) groups excluding carboxylic acids is 1. The summed E-state index contributed by atoms with van der Waals surface area (Å²) < 4.78 is 3.85. The summed E-state index contributed by atoms with van der Waals surface area (Å²) in [5, 5.41) is 9.26. The van der Waals surface area contributed by atoms with Crippen LogP contribution >= 0.6 is 11.6 Å². The number of amides is 1. The molecule has 0 aliphatic heterocycles. The normalized spacial score (nSPS) is 12.5. The van der Waals surface area contributed by atoms with Crippen LogP contribution in [0.5, 0.6) is 0 Å². The zero-order valence-electron chi connectivity index (χ0n) is 15.0. The molecule has 0 aliphatic carbocycles. The topological polar surface area (TPSA) is 51.9 Å². The van der Waals surface area contributed by atoms with Crippen molar-refractivity contribution in [3.05, 3.63) is 52.4 Å². The highest BCUT2D eigenvalue weighted by molar-refractivity contribution is 6.31. The number of halogens is 1. The van der Waals surface area contributed by atoms with E-state index in [2.05, 4.69) is 21.2 Å². The van der Waals surface area contributed by atoms with E-state index in [0.29, 0.717) is 6.54 Å². The maximum absolute atomic E-state index is 12.4. The molecule has 0 fully saturated rings. The van der Waals surface area contributed by atoms with Gasteiger partial charge in [0, 0.05) is 41.4 Å². The molecule has 0 aliphatic rings. The summed E-state index contributed by atoms with van der Waals surface area (Å²) in [5.41, 5.74) is 4.23. The van der Waals surface area contributed by atoms with Gasteiger partial charge in [0.2, 0.25) is 5.91 Å². The molecule has 0 spiro atoms. The summed E-state index contributed by atoms with van der Waals surface area (Å²) >= 11 is 6.12. The molecule has 2 aromatic heterocycles. The van der Waals surface area contributed by atoms with Crippen molar-refractivity contribution in [1.82, 2.24) is 19.7 Å². The van der Waals surface area contributed by atoms with Crippen LogP contribution in [0.15, 0.2) is 30.5 Å². The first-order valence-electron chi connectivity index (χ1n) is 8.40. The minimum atomic E-state index is -0.323. The second kappa shape index (κ2) is 6.92. The van der Waals surface area contributed by atoms with Crippen LogP contribution in [0.25, 0.3) is 10.9 Å². The second-order valence-electron chi connectivity index (χ2n) is 6.52. The highest BCUT2D eigenvalue weighted by atomic mass is 35.5. The number of hydrogen-bond donors (Lipinski definition) is 1. The van der Waals surface area contributed by atoms with Crippen molar-refractivity contribution in [1.29, 1.82) is 0 Å². The van der Waals surface area contributed by atoms with E-state index in [1.165, 1.54) is 5.56 Å². The number of nitrogens with one attached hydrogen (secondary N) is 1. The van der Waals surface area contributed by atoms with Gasteiger partial charge >= 0.3 is 0 Å². The van der Waals surface area contributed by atoms with Gasteiger partial charge in [-0.3, -0.25) is 9.48 Å². The van der Waals surface area contributed by atoms with Gasteiger partial charge in [-0.25, -0.2) is 0 Å². The Balaban J connectivity index is 1.66. The molecule has 0 radical (unpaired) electrons. The molecular weight excluding hydrogens is 336 g/mol. The standard InChI is InChI=1S/C19H23ClN4O/c1-12-9-13(2)24(22-12)14(3)19(25)21-8-7-15-11-23(4)18-6-5-16(20)10-17(15)18/h5-6,9-11,14H,7-8H2,1-4H3,(H,21,25)/t14-/m1/s1. The molecule has 1 amide bonds. The van der Waals surface area contributed by atoms with Crippen molar-refractivity contribution < 1.29 is 4.79 Å². The summed E-state index contributed by atoms with van der Waals surface area (Å²) in [6.07, 6.45) is 2.85. The van der Waals surface area contributed by atoms with E-state index in [-0.39, 0.29) is 11.9 Å². The summed E-state index contributed by atoms with van der Waals surface area (Å²) in [5.74, 6) is -0.0236. The van der Waals surface area contributed by atoms with E-state index >= 15 is 0 Å². The van der Waals surface area contributed by atoms with Gasteiger partial charge in [-0.1, -0.05) is 11.6 Å². The third-order valence-electron chi connectivity index (χ3n) is 4.52. The number of fused-ring (bicyclic) bond motifs is 1. The second-order valence-corrected chi connectivity index (χ2v) is 6.95. The van der Waals surface area contributed by atoms with Crippen LogP contribution in [0.3, 0.4) is 0 Å². The van der Waals surface area contributed by atoms with Crippen LogP contribution in [0, 0.1) is 13.8 Å². The Labute approximate surface area is 152 Å². The van der Waals surface area contributed by atoms with Gasteiger partial charge in [-0.05, 0) is 57.0 Å². The van der Waals surface area contributed by atoms with Crippen LogP contribution in [-0.2, 0) is 18.3 Å². The van der Waals surface area contributed by atoms with Crippen LogP contribution < -0.4 is 5.32 Å². The van der Waals surface area contributed by atoms with Crippen molar-refractivity contribution in [2.45, 2.75) is 33.2 Å². The molecule has 0 bridgehead atoms. The van der Waals surface area contributed by atoms with Gasteiger partial charge in [-0.2, -0.15) is 5.10 Å². The van der Waals surface area contributed by atoms with Crippen LogP contribution in [0.4, 0.5) is 0 Å². The van der Waals surface area contributed by atoms with Gasteiger partial charge in [-0.15, -0.1) is 0 Å². The third-order valence-corrected chi connectivity index (χ3v) is 4.75. The molecule has 0 unspecified atom stereocenters. The van der Waals surface area contributed by atoms with E-state index in [1.54, 1.807) is 4.68 Å². The quantitative estimate of drug-likeness (QED) is 0.758. The van der Waals surface area contributed by atoms with Crippen molar-refractivity contribution in [3.8, 4) is 0 Å². The Morgan fingerprint density at radius 3 is 2.76 bits per heavy atom. The van der Waals surface area contributed by atoms with E-state index in [9.17, 15) is 4.79 Å². The molecular formula is C19H23ClN4O. The minimum absolute atomic E-state index is 0.0236. The van der Waals surface area contributed by atoms with Crippen LogP contribution in [0.2, 0.25) is 5.02 Å². The zero-order chi connectivity index (χ0) is 18.1. The smallest absolute Gasteiger partial charge is 0.244 e. The third kappa shape index (κ3) is 3.56. The number of aryl methyl sites for hydroxylation is 3. The first-order valence-corrected chi connectivity index (χ1v) is 8.78. The Kier molecular flexibility index (Phi) is 4.86. The monoisotopic (exact) mass is 358 g/mol. The van der Waals surface area contributed by atoms with Crippen LogP contribution in [0.1, 0.15) is 29.9 Å². The summed E-state index contributed by atoms with van der Waals surface area (Å²) in [7, 11) is 2.02. The fraction of sp³-hybridized carbons (Fsp3) is 0.368. The van der Waals surface area contributed by atoms with Crippen molar-refractivity contribution in [2.24, 2.45) is 7.05 Å². The lowest BCUT2D eigenvalue weighted by Crippen LogP contribution is -2.33. The molecule has 1 atom stereocenters. The lowest BCUT2D eigenvalue weighted by Gasteiger charge is -2.14. The number of aromatic nitrogens is 3. The van der Waals surface area contributed by atoms with Gasteiger partial charge in [0.1, 0.15) is 6.04 Å². The van der Waals surface area contributed by atoms with Gasteiger partial charge in [0.05, 0.1) is 5.69 Å². The Morgan fingerprint density at radius 1 is 1.32 bits per heavy atom. The van der Waals surface area contributed by atoms with Crippen LogP contribution in [-0.4, -0.2) is 26.8 Å². The van der Waals surface area contributed by atoms with E-state index < -0.39 is 0 Å². The van der Waals surface area contributed by atoms with E-state index in [4.69, 9.17) is 11.6 Å². The first kappa shape index (κ1) is 17.5. The number of carbonyl (C=O) groups is 1. The largest absolute Gasteiger partial charge is 0.354 e. The number of nitrogens with zero attached hydrogens (tertiary/aromatic N) is 3. The van der Waals surface area contributed by atoms with Gasteiger partial charge in [0.15, 0.2) is 0 Å². The summed E-state index contributed by atoms with van der Waals surface area (Å²) in [6.45, 7) is 6.34. The predicted octanol–water partition coefficient (Wildman–Crippen LogP) is 3.56. The van der Waals surface area contributed by atoms with Crippen molar-refractivity contribution in [3.63, 3.8) is 0 Å². The predicted molar refractivity (Wildman–Crippen MR) is 101 cm³/mol.